The normalized spacial score (nSPS) is 10.9. The number of nitro groups is 1. The molecule has 0 saturated heterocycles. The molecule has 23 heavy (non-hydrogen) atoms. The number of methoxy groups -OCH3 is 1. The number of carbonyl (C=O) groups is 1. The number of benzene rings is 1. The molecule has 0 spiro atoms. The van der Waals surface area contributed by atoms with Gasteiger partial charge in [-0.1, -0.05) is 6.07 Å². The van der Waals surface area contributed by atoms with Crippen molar-refractivity contribution in [3.05, 3.63) is 64.0 Å². The van der Waals surface area contributed by atoms with Gasteiger partial charge in [0.15, 0.2) is 0 Å². The lowest BCUT2D eigenvalue weighted by Gasteiger charge is -2.26. The van der Waals surface area contributed by atoms with E-state index in [0.717, 1.165) is 0 Å². The summed E-state index contributed by atoms with van der Waals surface area (Å²) in [7, 11) is 1.36. The highest BCUT2D eigenvalue weighted by Crippen LogP contribution is 2.26. The van der Waals surface area contributed by atoms with Crippen LogP contribution >= 0.6 is 0 Å². The Labute approximate surface area is 133 Å². The molecular formula is C16H17N3O4. The smallest absolute Gasteiger partial charge is 0.273 e. The number of hydrogen-bond acceptors (Lipinski definition) is 5. The van der Waals surface area contributed by atoms with Crippen molar-refractivity contribution >= 4 is 11.6 Å². The molecule has 0 aliphatic carbocycles. The van der Waals surface area contributed by atoms with E-state index in [9.17, 15) is 14.9 Å². The van der Waals surface area contributed by atoms with Crippen LogP contribution in [0.4, 0.5) is 5.69 Å². The lowest BCUT2D eigenvalue weighted by atomic mass is 9.99. The van der Waals surface area contributed by atoms with E-state index in [0.29, 0.717) is 5.69 Å². The van der Waals surface area contributed by atoms with Gasteiger partial charge in [-0.25, -0.2) is 0 Å². The number of hydrogen-bond donors (Lipinski definition) is 1. The van der Waals surface area contributed by atoms with Crippen LogP contribution < -0.4 is 10.1 Å². The number of nitrogens with zero attached hydrogens (tertiary/aromatic N) is 2. The Balaban J connectivity index is 2.29. The van der Waals surface area contributed by atoms with Crippen molar-refractivity contribution < 1.29 is 14.5 Å². The molecule has 0 aliphatic rings. The zero-order valence-electron chi connectivity index (χ0n) is 13.1. The molecule has 2 rings (SSSR count). The lowest BCUT2D eigenvalue weighted by molar-refractivity contribution is -0.384. The Kier molecular flexibility index (Phi) is 4.59. The first-order valence-electron chi connectivity index (χ1n) is 6.91. The SMILES string of the molecule is COc1cc([N+](=O)[O-])ccc1C(=O)NC(C)(C)c1ccccn1. The number of ether oxygens (including phenoxy) is 1. The fourth-order valence-corrected chi connectivity index (χ4v) is 2.13. The summed E-state index contributed by atoms with van der Waals surface area (Å²) >= 11 is 0. The average molecular weight is 315 g/mol. The predicted octanol–water partition coefficient (Wildman–Crippen LogP) is 2.66. The largest absolute Gasteiger partial charge is 0.496 e. The summed E-state index contributed by atoms with van der Waals surface area (Å²) in [6.07, 6.45) is 1.65. The maximum atomic E-state index is 12.5. The molecule has 2 aromatic rings. The van der Waals surface area contributed by atoms with Crippen LogP contribution in [-0.2, 0) is 5.54 Å². The summed E-state index contributed by atoms with van der Waals surface area (Å²) in [6.45, 7) is 3.65. The van der Waals surface area contributed by atoms with E-state index < -0.39 is 16.4 Å². The molecule has 0 fully saturated rings. The molecule has 0 unspecified atom stereocenters. The Morgan fingerprint density at radius 2 is 2.04 bits per heavy atom. The van der Waals surface area contributed by atoms with Crippen LogP contribution in [0, 0.1) is 10.1 Å². The number of carbonyl (C=O) groups excluding carboxylic acids is 1. The van der Waals surface area contributed by atoms with E-state index in [1.807, 2.05) is 26.0 Å². The maximum absolute atomic E-state index is 12.5. The molecule has 1 heterocycles. The van der Waals surface area contributed by atoms with E-state index in [2.05, 4.69) is 10.3 Å². The Morgan fingerprint density at radius 1 is 1.30 bits per heavy atom. The Hall–Kier alpha value is -2.96. The molecule has 0 saturated carbocycles. The molecule has 7 heteroatoms. The molecule has 0 atom stereocenters. The Bertz CT molecular complexity index is 729. The van der Waals surface area contributed by atoms with Crippen molar-refractivity contribution in [2.75, 3.05) is 7.11 Å². The third-order valence-electron chi connectivity index (χ3n) is 3.37. The fraction of sp³-hybridized carbons (Fsp3) is 0.250. The van der Waals surface area contributed by atoms with Gasteiger partial charge in [0.05, 0.1) is 34.9 Å². The van der Waals surface area contributed by atoms with Crippen LogP contribution in [0.1, 0.15) is 29.9 Å². The van der Waals surface area contributed by atoms with Gasteiger partial charge in [0.25, 0.3) is 11.6 Å². The topological polar surface area (TPSA) is 94.4 Å². The second kappa shape index (κ2) is 6.43. The molecule has 0 radical (unpaired) electrons. The minimum atomic E-state index is -0.703. The number of non-ortho nitro benzene ring substituents is 1. The molecule has 0 bridgehead atoms. The first-order valence-corrected chi connectivity index (χ1v) is 6.91. The molecule has 1 aromatic carbocycles. The van der Waals surface area contributed by atoms with Gasteiger partial charge in [-0.2, -0.15) is 0 Å². The number of nitro benzene ring substituents is 1. The summed E-state index contributed by atoms with van der Waals surface area (Å²) in [4.78, 5) is 27.0. The van der Waals surface area contributed by atoms with Gasteiger partial charge < -0.3 is 10.1 Å². The third kappa shape index (κ3) is 3.63. The minimum Gasteiger partial charge on any atom is -0.496 e. The summed E-state index contributed by atoms with van der Waals surface area (Å²) in [6, 6.07) is 9.31. The zero-order chi connectivity index (χ0) is 17.0. The highest BCUT2D eigenvalue weighted by molar-refractivity contribution is 5.97. The van der Waals surface area contributed by atoms with Gasteiger partial charge in [-0.15, -0.1) is 0 Å². The van der Waals surface area contributed by atoms with E-state index in [4.69, 9.17) is 4.74 Å². The van der Waals surface area contributed by atoms with Crippen LogP contribution in [0.3, 0.4) is 0 Å². The highest BCUT2D eigenvalue weighted by Gasteiger charge is 2.26. The second-order valence-corrected chi connectivity index (χ2v) is 5.44. The van der Waals surface area contributed by atoms with E-state index >= 15 is 0 Å². The minimum absolute atomic E-state index is 0.137. The van der Waals surface area contributed by atoms with Crippen LogP contribution in [0.15, 0.2) is 42.6 Å². The number of aromatic nitrogens is 1. The monoisotopic (exact) mass is 315 g/mol. The Morgan fingerprint density at radius 3 is 2.61 bits per heavy atom. The van der Waals surface area contributed by atoms with Crippen molar-refractivity contribution in [2.45, 2.75) is 19.4 Å². The number of pyridine rings is 1. The highest BCUT2D eigenvalue weighted by atomic mass is 16.6. The lowest BCUT2D eigenvalue weighted by Crippen LogP contribution is -2.41. The molecular weight excluding hydrogens is 298 g/mol. The molecule has 0 aliphatic heterocycles. The maximum Gasteiger partial charge on any atom is 0.273 e. The van der Waals surface area contributed by atoms with Crippen molar-refractivity contribution in [2.24, 2.45) is 0 Å². The van der Waals surface area contributed by atoms with Gasteiger partial charge in [0.1, 0.15) is 5.75 Å². The van der Waals surface area contributed by atoms with E-state index in [1.165, 1.54) is 25.3 Å². The summed E-state index contributed by atoms with van der Waals surface area (Å²) in [5, 5.41) is 13.7. The quantitative estimate of drug-likeness (QED) is 0.676. The molecule has 1 amide bonds. The van der Waals surface area contributed by atoms with Crippen molar-refractivity contribution in [3.8, 4) is 5.75 Å². The van der Waals surface area contributed by atoms with Gasteiger partial charge in [-0.05, 0) is 32.0 Å². The van der Waals surface area contributed by atoms with Crippen molar-refractivity contribution in [1.29, 1.82) is 0 Å². The first kappa shape index (κ1) is 16.4. The first-order chi connectivity index (χ1) is 10.8. The second-order valence-electron chi connectivity index (χ2n) is 5.44. The van der Waals surface area contributed by atoms with Crippen molar-refractivity contribution in [1.82, 2.24) is 10.3 Å². The average Bonchev–Trinajstić information content (AvgIpc) is 2.54. The zero-order valence-corrected chi connectivity index (χ0v) is 13.1. The standard InChI is InChI=1S/C16H17N3O4/c1-16(2,14-6-4-5-9-17-14)18-15(20)12-8-7-11(19(21)22)10-13(12)23-3/h4-10H,1-3H3,(H,18,20). The molecule has 7 nitrogen and oxygen atoms in total. The van der Waals surface area contributed by atoms with Crippen LogP contribution in [0.2, 0.25) is 0 Å². The summed E-state index contributed by atoms with van der Waals surface area (Å²) in [5.41, 5.74) is 0.0872. The third-order valence-corrected chi connectivity index (χ3v) is 3.37. The van der Waals surface area contributed by atoms with E-state index in [1.54, 1.807) is 12.3 Å². The van der Waals surface area contributed by atoms with Gasteiger partial charge in [0, 0.05) is 12.3 Å². The summed E-state index contributed by atoms with van der Waals surface area (Å²) in [5.74, 6) is -0.249. The molecule has 1 aromatic heterocycles. The predicted molar refractivity (Wildman–Crippen MR) is 84.4 cm³/mol. The fourth-order valence-electron chi connectivity index (χ4n) is 2.13. The van der Waals surface area contributed by atoms with Crippen molar-refractivity contribution in [3.63, 3.8) is 0 Å². The number of rotatable bonds is 5. The number of nitrogens with one attached hydrogen (secondary N) is 1. The summed E-state index contributed by atoms with van der Waals surface area (Å²) < 4.78 is 5.10. The number of amides is 1. The van der Waals surface area contributed by atoms with Gasteiger partial charge >= 0.3 is 0 Å². The molecule has 120 valence electrons. The van der Waals surface area contributed by atoms with E-state index in [-0.39, 0.29) is 17.0 Å². The van der Waals surface area contributed by atoms with Gasteiger partial charge in [0.2, 0.25) is 0 Å². The van der Waals surface area contributed by atoms with Crippen LogP contribution in [0.5, 0.6) is 5.75 Å². The van der Waals surface area contributed by atoms with Crippen LogP contribution in [0.25, 0.3) is 0 Å². The van der Waals surface area contributed by atoms with Gasteiger partial charge in [-0.3, -0.25) is 19.9 Å². The van der Waals surface area contributed by atoms with Crippen LogP contribution in [-0.4, -0.2) is 22.9 Å². The molecule has 1 N–H and O–H groups in total.